The van der Waals surface area contributed by atoms with Crippen molar-refractivity contribution in [3.8, 4) is 6.07 Å². The number of nitrogens with zero attached hydrogens (tertiary/aromatic N) is 2. The van der Waals surface area contributed by atoms with Gasteiger partial charge < -0.3 is 15.0 Å². The third-order valence-corrected chi connectivity index (χ3v) is 5.52. The lowest BCUT2D eigenvalue weighted by Gasteiger charge is -2.29. The minimum Gasteiger partial charge on any atom is -0.372 e. The van der Waals surface area contributed by atoms with Crippen LogP contribution < -0.4 is 5.32 Å². The molecule has 2 unspecified atom stereocenters. The van der Waals surface area contributed by atoms with Crippen LogP contribution in [0.15, 0.2) is 42.5 Å². The normalized spacial score (nSPS) is 19.5. The van der Waals surface area contributed by atoms with Crippen molar-refractivity contribution >= 4 is 29.1 Å². The Bertz CT molecular complexity index is 897. The summed E-state index contributed by atoms with van der Waals surface area (Å²) >= 11 is 12.2. The molecule has 1 amide bonds. The van der Waals surface area contributed by atoms with Crippen molar-refractivity contribution in [2.45, 2.75) is 6.10 Å². The molecule has 0 aliphatic carbocycles. The van der Waals surface area contributed by atoms with Gasteiger partial charge in [0.2, 0.25) is 0 Å². The molecule has 0 aromatic heterocycles. The molecule has 1 saturated heterocycles. The number of nitriles is 1. The lowest BCUT2D eigenvalue weighted by Crippen LogP contribution is -2.38. The van der Waals surface area contributed by atoms with Gasteiger partial charge in [-0.05, 0) is 35.9 Å². The predicted molar refractivity (Wildman–Crippen MR) is 110 cm³/mol. The molecule has 2 atom stereocenters. The van der Waals surface area contributed by atoms with E-state index in [0.717, 1.165) is 12.1 Å². The molecule has 3 rings (SSSR count). The van der Waals surface area contributed by atoms with Gasteiger partial charge in [0.25, 0.3) is 5.91 Å². The summed E-state index contributed by atoms with van der Waals surface area (Å²) in [5, 5.41) is 13.4. The van der Waals surface area contributed by atoms with Crippen LogP contribution >= 0.6 is 23.2 Å². The molecule has 1 aliphatic heterocycles. The van der Waals surface area contributed by atoms with E-state index in [2.05, 4.69) is 11.4 Å². The Balaban J connectivity index is 1.79. The van der Waals surface area contributed by atoms with Gasteiger partial charge in [-0.2, -0.15) is 5.26 Å². The summed E-state index contributed by atoms with van der Waals surface area (Å²) in [5.74, 6) is -0.0953. The van der Waals surface area contributed by atoms with Crippen molar-refractivity contribution in [3.05, 3.63) is 69.2 Å². The molecular weight excluding hydrogens is 397 g/mol. The Morgan fingerprint density at radius 1 is 1.29 bits per heavy atom. The second kappa shape index (κ2) is 9.40. The quantitative estimate of drug-likeness (QED) is 0.818. The third kappa shape index (κ3) is 4.84. The van der Waals surface area contributed by atoms with E-state index in [4.69, 9.17) is 33.2 Å². The first-order valence-electron chi connectivity index (χ1n) is 9.02. The van der Waals surface area contributed by atoms with Crippen LogP contribution in [0.1, 0.15) is 27.6 Å². The Labute approximate surface area is 174 Å². The molecule has 2 aromatic rings. The summed E-state index contributed by atoms with van der Waals surface area (Å²) < 4.78 is 6.07. The Morgan fingerprint density at radius 2 is 2.11 bits per heavy atom. The topological polar surface area (TPSA) is 65.4 Å². The summed E-state index contributed by atoms with van der Waals surface area (Å²) in [5.41, 5.74) is 1.90. The number of hydrogen-bond donors (Lipinski definition) is 1. The maximum atomic E-state index is 12.8. The van der Waals surface area contributed by atoms with E-state index in [1.54, 1.807) is 42.3 Å². The summed E-state index contributed by atoms with van der Waals surface area (Å²) in [4.78, 5) is 14.5. The highest BCUT2D eigenvalue weighted by Crippen LogP contribution is 2.32. The second-order valence-corrected chi connectivity index (χ2v) is 7.62. The van der Waals surface area contributed by atoms with Gasteiger partial charge in [0.05, 0.1) is 34.4 Å². The predicted octanol–water partition coefficient (Wildman–Crippen LogP) is 3.91. The summed E-state index contributed by atoms with van der Waals surface area (Å²) in [6.07, 6.45) is -0.203. The monoisotopic (exact) mass is 417 g/mol. The number of benzene rings is 2. The largest absolute Gasteiger partial charge is 0.372 e. The molecule has 0 saturated carbocycles. The Kier molecular flexibility index (Phi) is 6.93. The fourth-order valence-electron chi connectivity index (χ4n) is 3.38. The van der Waals surface area contributed by atoms with Crippen LogP contribution in [0.5, 0.6) is 0 Å². The fourth-order valence-corrected chi connectivity index (χ4v) is 3.69. The lowest BCUT2D eigenvalue weighted by molar-refractivity contribution is 0.0205. The van der Waals surface area contributed by atoms with Crippen molar-refractivity contribution in [2.24, 2.45) is 5.92 Å². The molecule has 5 nitrogen and oxygen atoms in total. The van der Waals surface area contributed by atoms with Gasteiger partial charge in [-0.3, -0.25) is 4.79 Å². The highest BCUT2D eigenvalue weighted by atomic mass is 35.5. The molecule has 28 heavy (non-hydrogen) atoms. The van der Waals surface area contributed by atoms with E-state index in [9.17, 15) is 4.79 Å². The van der Waals surface area contributed by atoms with Crippen LogP contribution in [0.2, 0.25) is 10.0 Å². The molecule has 0 spiro atoms. The Morgan fingerprint density at radius 3 is 2.86 bits per heavy atom. The first kappa shape index (κ1) is 20.6. The second-order valence-electron chi connectivity index (χ2n) is 6.81. The smallest absolute Gasteiger partial charge is 0.253 e. The first-order chi connectivity index (χ1) is 13.5. The van der Waals surface area contributed by atoms with Crippen LogP contribution in [0.4, 0.5) is 0 Å². The van der Waals surface area contributed by atoms with E-state index >= 15 is 0 Å². The van der Waals surface area contributed by atoms with Crippen LogP contribution in [0.3, 0.4) is 0 Å². The van der Waals surface area contributed by atoms with E-state index in [0.29, 0.717) is 40.9 Å². The number of ether oxygens (including phenoxy) is 1. The van der Waals surface area contributed by atoms with Gasteiger partial charge in [-0.1, -0.05) is 35.3 Å². The van der Waals surface area contributed by atoms with Crippen LogP contribution in [-0.2, 0) is 4.74 Å². The molecule has 1 heterocycles. The molecule has 1 aliphatic rings. The molecule has 1 N–H and O–H groups in total. The van der Waals surface area contributed by atoms with Crippen LogP contribution in [-0.4, -0.2) is 44.1 Å². The number of amides is 1. The highest BCUT2D eigenvalue weighted by Gasteiger charge is 2.29. The fraction of sp³-hybridized carbons (Fsp3) is 0.333. The Hall–Kier alpha value is -2.10. The van der Waals surface area contributed by atoms with Crippen LogP contribution in [0, 0.1) is 17.2 Å². The van der Waals surface area contributed by atoms with Crippen molar-refractivity contribution in [2.75, 3.05) is 33.3 Å². The van der Waals surface area contributed by atoms with Gasteiger partial charge in [0.15, 0.2) is 0 Å². The minimum absolute atomic E-state index is 0.0350. The number of nitrogens with one attached hydrogen (secondary N) is 1. The maximum absolute atomic E-state index is 12.8. The molecule has 2 aromatic carbocycles. The van der Waals surface area contributed by atoms with E-state index in [1.165, 1.54) is 0 Å². The van der Waals surface area contributed by atoms with Gasteiger partial charge in [0, 0.05) is 38.2 Å². The number of carbonyl (C=O) groups is 1. The number of halogens is 2. The minimum atomic E-state index is -0.203. The van der Waals surface area contributed by atoms with E-state index < -0.39 is 0 Å². The molecular formula is C21H21Cl2N3O2. The average Bonchev–Trinajstić information content (AvgIpc) is 2.95. The molecule has 7 heteroatoms. The summed E-state index contributed by atoms with van der Waals surface area (Å²) in [6, 6.07) is 14.3. The van der Waals surface area contributed by atoms with E-state index in [1.807, 2.05) is 12.1 Å². The first-order valence-corrected chi connectivity index (χ1v) is 9.78. The van der Waals surface area contributed by atoms with Gasteiger partial charge in [0.1, 0.15) is 0 Å². The maximum Gasteiger partial charge on any atom is 0.253 e. The van der Waals surface area contributed by atoms with Crippen LogP contribution in [0.25, 0.3) is 0 Å². The third-order valence-electron chi connectivity index (χ3n) is 4.78. The van der Waals surface area contributed by atoms with Gasteiger partial charge in [-0.15, -0.1) is 0 Å². The van der Waals surface area contributed by atoms with Gasteiger partial charge in [-0.25, -0.2) is 0 Å². The highest BCUT2D eigenvalue weighted by molar-refractivity contribution is 6.42. The van der Waals surface area contributed by atoms with Crippen molar-refractivity contribution < 1.29 is 9.53 Å². The zero-order valence-corrected chi connectivity index (χ0v) is 17.0. The van der Waals surface area contributed by atoms with Gasteiger partial charge >= 0.3 is 0 Å². The van der Waals surface area contributed by atoms with E-state index in [-0.39, 0.29) is 17.9 Å². The number of carbonyl (C=O) groups excluding carboxylic acids is 1. The summed E-state index contributed by atoms with van der Waals surface area (Å²) in [7, 11) is 1.76. The standard InChI is InChI=1S/C21H21Cl2N3O2/c1-26(21(27)16-4-2-3-14(9-16)11-24)13-17-12-25-7-8-28-20(17)15-5-6-18(22)19(23)10-15/h2-6,9-10,17,20,25H,7-8,12-13H2,1H3. The van der Waals surface area contributed by atoms with Crippen molar-refractivity contribution in [1.82, 2.24) is 10.2 Å². The number of hydrogen-bond acceptors (Lipinski definition) is 4. The molecule has 1 fully saturated rings. The SMILES string of the molecule is CN(CC1CNCCOC1c1ccc(Cl)c(Cl)c1)C(=O)c1cccc(C#N)c1. The molecule has 0 radical (unpaired) electrons. The average molecular weight is 418 g/mol. The zero-order valence-electron chi connectivity index (χ0n) is 15.5. The lowest BCUT2D eigenvalue weighted by atomic mass is 9.94. The summed E-state index contributed by atoms with van der Waals surface area (Å²) in [6.45, 7) is 2.52. The van der Waals surface area contributed by atoms with Crippen molar-refractivity contribution in [1.29, 1.82) is 5.26 Å². The number of rotatable bonds is 4. The van der Waals surface area contributed by atoms with Crippen molar-refractivity contribution in [3.63, 3.8) is 0 Å². The molecule has 0 bridgehead atoms. The molecule has 146 valence electrons. The zero-order chi connectivity index (χ0) is 20.1.